The second kappa shape index (κ2) is 9.60. The van der Waals surface area contributed by atoms with E-state index in [-0.39, 0.29) is 24.4 Å². The van der Waals surface area contributed by atoms with Crippen molar-refractivity contribution in [2.24, 2.45) is 0 Å². The normalized spacial score (nSPS) is 11.2. The van der Waals surface area contributed by atoms with Crippen LogP contribution in [0, 0.1) is 5.82 Å². The molecular weight excluding hydrogens is 432 g/mol. The van der Waals surface area contributed by atoms with Gasteiger partial charge in [-0.1, -0.05) is 0 Å². The number of aliphatic hydroxyl groups excluding tert-OH is 1. The molecule has 0 saturated heterocycles. The minimum atomic E-state index is -4.82. The third-order valence-electron chi connectivity index (χ3n) is 4.29. The number of nitrogens with one attached hydrogen (secondary N) is 1. The first-order valence-electron chi connectivity index (χ1n) is 9.26. The summed E-state index contributed by atoms with van der Waals surface area (Å²) in [5.74, 6) is -1.18. The van der Waals surface area contributed by atoms with E-state index in [4.69, 9.17) is 0 Å². The number of amides is 1. The molecule has 7 nitrogen and oxygen atoms in total. The summed E-state index contributed by atoms with van der Waals surface area (Å²) in [5, 5.41) is 11.8. The van der Waals surface area contributed by atoms with Crippen molar-refractivity contribution in [1.29, 1.82) is 0 Å². The monoisotopic (exact) mass is 450 g/mol. The molecule has 1 aromatic carbocycles. The van der Waals surface area contributed by atoms with Crippen molar-refractivity contribution in [3.8, 4) is 16.9 Å². The van der Waals surface area contributed by atoms with Gasteiger partial charge >= 0.3 is 6.36 Å². The zero-order valence-corrected chi connectivity index (χ0v) is 16.7. The van der Waals surface area contributed by atoms with Crippen molar-refractivity contribution in [3.05, 3.63) is 66.4 Å². The Balaban J connectivity index is 1.87. The van der Waals surface area contributed by atoms with Gasteiger partial charge in [-0.3, -0.25) is 9.78 Å². The van der Waals surface area contributed by atoms with Crippen LogP contribution in [0.2, 0.25) is 0 Å². The molecule has 0 fully saturated rings. The lowest BCUT2D eigenvalue weighted by Gasteiger charge is -2.21. The van der Waals surface area contributed by atoms with Crippen LogP contribution in [-0.2, 0) is 0 Å². The number of hydrogen-bond acceptors (Lipinski definition) is 6. The van der Waals surface area contributed by atoms with Crippen molar-refractivity contribution in [2.75, 3.05) is 30.4 Å². The molecule has 0 unspecified atom stereocenters. The molecule has 0 saturated carbocycles. The highest BCUT2D eigenvalue weighted by atomic mass is 19.4. The van der Waals surface area contributed by atoms with Crippen LogP contribution in [0.25, 0.3) is 11.1 Å². The summed E-state index contributed by atoms with van der Waals surface area (Å²) in [4.78, 5) is 22.4. The van der Waals surface area contributed by atoms with Crippen molar-refractivity contribution in [2.45, 2.75) is 6.36 Å². The Morgan fingerprint density at radius 3 is 2.50 bits per heavy atom. The Kier molecular flexibility index (Phi) is 6.89. The van der Waals surface area contributed by atoms with Gasteiger partial charge in [-0.2, -0.15) is 0 Å². The fraction of sp³-hybridized carbons (Fsp3) is 0.190. The minimum Gasteiger partial charge on any atom is -0.406 e. The lowest BCUT2D eigenvalue weighted by atomic mass is 10.1. The Bertz CT molecular complexity index is 1090. The van der Waals surface area contributed by atoms with Gasteiger partial charge in [-0.05, 0) is 36.4 Å². The van der Waals surface area contributed by atoms with E-state index in [1.807, 2.05) is 0 Å². The minimum absolute atomic E-state index is 0.126. The number of halogens is 4. The quantitative estimate of drug-likeness (QED) is 0.532. The van der Waals surface area contributed by atoms with E-state index in [1.54, 1.807) is 11.9 Å². The number of aromatic nitrogens is 2. The molecule has 2 heterocycles. The number of anilines is 2. The number of carbonyl (C=O) groups excluding carboxylic acids is 1. The third-order valence-corrected chi connectivity index (χ3v) is 4.29. The van der Waals surface area contributed by atoms with Gasteiger partial charge in [0, 0.05) is 42.8 Å². The summed E-state index contributed by atoms with van der Waals surface area (Å²) in [6.07, 6.45) is -1.06. The molecule has 2 aromatic heterocycles. The first-order valence-corrected chi connectivity index (χ1v) is 9.26. The van der Waals surface area contributed by atoms with Gasteiger partial charge in [0.1, 0.15) is 17.4 Å². The number of likely N-dealkylation sites (N-methyl/N-ethyl adjacent to an activating group) is 1. The number of aliphatic hydroxyl groups is 1. The summed E-state index contributed by atoms with van der Waals surface area (Å²) < 4.78 is 54.3. The van der Waals surface area contributed by atoms with E-state index in [0.717, 1.165) is 18.3 Å². The Hall–Kier alpha value is -3.73. The molecule has 0 spiro atoms. The van der Waals surface area contributed by atoms with Crippen LogP contribution in [0.3, 0.4) is 0 Å². The Morgan fingerprint density at radius 1 is 1.16 bits per heavy atom. The van der Waals surface area contributed by atoms with Crippen molar-refractivity contribution >= 4 is 17.4 Å². The molecule has 3 aromatic rings. The Morgan fingerprint density at radius 2 is 1.88 bits per heavy atom. The van der Waals surface area contributed by atoms with Gasteiger partial charge in [-0.15, -0.1) is 13.2 Å². The third kappa shape index (κ3) is 5.91. The number of pyridine rings is 2. The highest BCUT2D eigenvalue weighted by Crippen LogP contribution is 2.30. The van der Waals surface area contributed by atoms with Crippen LogP contribution in [-0.4, -0.2) is 47.5 Å². The summed E-state index contributed by atoms with van der Waals surface area (Å²) in [6, 6.07) is 7.38. The molecule has 2 N–H and O–H groups in total. The number of carbonyl (C=O) groups is 1. The largest absolute Gasteiger partial charge is 0.573 e. The van der Waals surface area contributed by atoms with E-state index in [2.05, 4.69) is 20.0 Å². The number of hydrogen-bond donors (Lipinski definition) is 2. The summed E-state index contributed by atoms with van der Waals surface area (Å²) in [6.45, 7) is 0.107. The van der Waals surface area contributed by atoms with Gasteiger partial charge in [-0.25, -0.2) is 9.37 Å². The van der Waals surface area contributed by atoms with Crippen LogP contribution >= 0.6 is 0 Å². The molecule has 168 valence electrons. The topological polar surface area (TPSA) is 87.6 Å². The molecule has 0 atom stereocenters. The highest BCUT2D eigenvalue weighted by molar-refractivity contribution is 6.05. The molecule has 32 heavy (non-hydrogen) atoms. The van der Waals surface area contributed by atoms with Gasteiger partial charge in [0.2, 0.25) is 0 Å². The van der Waals surface area contributed by atoms with E-state index < -0.39 is 23.8 Å². The molecular formula is C21H18F4N4O3. The average molecular weight is 450 g/mol. The van der Waals surface area contributed by atoms with Gasteiger partial charge in [0.25, 0.3) is 5.91 Å². The molecule has 3 rings (SSSR count). The van der Waals surface area contributed by atoms with Crippen LogP contribution in [0.4, 0.5) is 29.1 Å². The number of rotatable bonds is 7. The zero-order chi connectivity index (χ0) is 23.3. The molecule has 1 amide bonds. The fourth-order valence-corrected chi connectivity index (χ4v) is 2.86. The van der Waals surface area contributed by atoms with Crippen molar-refractivity contribution in [3.63, 3.8) is 0 Å². The number of nitrogens with zero attached hydrogens (tertiary/aromatic N) is 3. The van der Waals surface area contributed by atoms with Crippen molar-refractivity contribution < 1.29 is 32.2 Å². The predicted molar refractivity (Wildman–Crippen MR) is 109 cm³/mol. The van der Waals surface area contributed by atoms with Crippen LogP contribution in [0.15, 0.2) is 55.0 Å². The number of alkyl halides is 3. The lowest BCUT2D eigenvalue weighted by molar-refractivity contribution is -0.274. The van der Waals surface area contributed by atoms with Crippen molar-refractivity contribution in [1.82, 2.24) is 9.97 Å². The second-order valence-electron chi connectivity index (χ2n) is 6.66. The smallest absolute Gasteiger partial charge is 0.406 e. The molecule has 0 aliphatic carbocycles. The summed E-state index contributed by atoms with van der Waals surface area (Å²) in [7, 11) is 1.68. The number of benzene rings is 1. The SMILES string of the molecule is CN(CCO)c1ncc(C(=O)Nc2ccc(OC(F)(F)F)cc2)cc1-c1cncc(F)c1. The van der Waals surface area contributed by atoms with Gasteiger partial charge in [0.05, 0.1) is 18.4 Å². The maximum absolute atomic E-state index is 13.7. The van der Waals surface area contributed by atoms with Crippen LogP contribution in [0.5, 0.6) is 5.75 Å². The van der Waals surface area contributed by atoms with Crippen LogP contribution < -0.4 is 15.0 Å². The summed E-state index contributed by atoms with van der Waals surface area (Å²) in [5.41, 5.74) is 1.15. The first-order chi connectivity index (χ1) is 15.2. The molecule has 0 aliphatic rings. The van der Waals surface area contributed by atoms with E-state index >= 15 is 0 Å². The van der Waals surface area contributed by atoms with Crippen LogP contribution in [0.1, 0.15) is 10.4 Å². The zero-order valence-electron chi connectivity index (χ0n) is 16.7. The second-order valence-corrected chi connectivity index (χ2v) is 6.66. The highest BCUT2D eigenvalue weighted by Gasteiger charge is 2.31. The average Bonchev–Trinajstić information content (AvgIpc) is 2.74. The predicted octanol–water partition coefficient (Wildman–Crippen LogP) is 3.86. The molecule has 0 radical (unpaired) electrons. The number of ether oxygens (including phenoxy) is 1. The Labute approximate surface area is 180 Å². The maximum atomic E-state index is 13.7. The molecule has 11 heteroatoms. The molecule has 0 bridgehead atoms. The standard InChI is InChI=1S/C21H18F4N4O3/c1-29(6-7-30)19-18(13-8-15(22)12-26-10-13)9-14(11-27-19)20(31)28-16-2-4-17(5-3-16)32-21(23,24)25/h2-5,8-12,30H,6-7H2,1H3,(H,28,31). The van der Waals surface area contributed by atoms with E-state index in [1.165, 1.54) is 36.7 Å². The lowest BCUT2D eigenvalue weighted by Crippen LogP contribution is -2.23. The van der Waals surface area contributed by atoms with E-state index in [0.29, 0.717) is 16.9 Å². The fourth-order valence-electron chi connectivity index (χ4n) is 2.86. The first kappa shape index (κ1) is 22.9. The molecule has 0 aliphatic heterocycles. The summed E-state index contributed by atoms with van der Waals surface area (Å²) >= 11 is 0. The van der Waals surface area contributed by atoms with E-state index in [9.17, 15) is 27.5 Å². The van der Waals surface area contributed by atoms with Gasteiger partial charge in [0.15, 0.2) is 0 Å². The maximum Gasteiger partial charge on any atom is 0.573 e. The van der Waals surface area contributed by atoms with Gasteiger partial charge < -0.3 is 20.1 Å².